The molecule has 0 spiro atoms. The standard InChI is InChI=1S/C20H19N9O4/c30-28(31)16-7-3-14(4-8-16)13-21-26-19-23-18(24-20(25-19)27-11-1-2-12-27)22-15-5-9-17(10-6-15)29(32)33/h3-10,13H,1-2,11-12H2,(H2,22,23,24,25,26)/b21-13+. The summed E-state index contributed by atoms with van der Waals surface area (Å²) in [5.74, 6) is 0.947. The summed E-state index contributed by atoms with van der Waals surface area (Å²) in [6.07, 6.45) is 3.57. The molecule has 1 aliphatic rings. The van der Waals surface area contributed by atoms with Crippen molar-refractivity contribution >= 4 is 41.1 Å². The molecule has 0 radical (unpaired) electrons. The van der Waals surface area contributed by atoms with Crippen LogP contribution in [0.2, 0.25) is 0 Å². The van der Waals surface area contributed by atoms with E-state index in [0.29, 0.717) is 17.2 Å². The molecule has 1 aromatic heterocycles. The van der Waals surface area contributed by atoms with Gasteiger partial charge in [0.2, 0.25) is 17.8 Å². The van der Waals surface area contributed by atoms with Crippen molar-refractivity contribution in [3.05, 3.63) is 74.3 Å². The zero-order chi connectivity index (χ0) is 23.2. The highest BCUT2D eigenvalue weighted by Crippen LogP contribution is 2.22. The van der Waals surface area contributed by atoms with Crippen molar-refractivity contribution in [3.63, 3.8) is 0 Å². The summed E-state index contributed by atoms with van der Waals surface area (Å²) in [7, 11) is 0. The molecule has 2 heterocycles. The Kier molecular flexibility index (Phi) is 6.29. The average molecular weight is 449 g/mol. The van der Waals surface area contributed by atoms with Crippen LogP contribution in [-0.4, -0.2) is 44.1 Å². The summed E-state index contributed by atoms with van der Waals surface area (Å²) < 4.78 is 0. The summed E-state index contributed by atoms with van der Waals surface area (Å²) >= 11 is 0. The van der Waals surface area contributed by atoms with E-state index in [2.05, 4.69) is 30.8 Å². The molecule has 13 heteroatoms. The third-order valence-electron chi connectivity index (χ3n) is 4.83. The minimum atomic E-state index is -0.469. The number of nitrogens with one attached hydrogen (secondary N) is 2. The number of hydrogen-bond acceptors (Lipinski definition) is 11. The fourth-order valence-electron chi connectivity index (χ4n) is 3.17. The van der Waals surface area contributed by atoms with Crippen LogP contribution in [-0.2, 0) is 0 Å². The van der Waals surface area contributed by atoms with Gasteiger partial charge in [-0.1, -0.05) is 0 Å². The molecule has 3 aromatic rings. The second-order valence-corrected chi connectivity index (χ2v) is 7.12. The lowest BCUT2D eigenvalue weighted by atomic mass is 10.2. The topological polar surface area (TPSA) is 165 Å². The largest absolute Gasteiger partial charge is 0.341 e. The van der Waals surface area contributed by atoms with Crippen LogP contribution in [0, 0.1) is 20.2 Å². The van der Waals surface area contributed by atoms with Crippen molar-refractivity contribution < 1.29 is 9.85 Å². The highest BCUT2D eigenvalue weighted by atomic mass is 16.6. The number of nitro benzene ring substituents is 2. The Morgan fingerprint density at radius 3 is 2.03 bits per heavy atom. The van der Waals surface area contributed by atoms with E-state index in [9.17, 15) is 20.2 Å². The first-order valence-corrected chi connectivity index (χ1v) is 10.0. The second-order valence-electron chi connectivity index (χ2n) is 7.12. The fraction of sp³-hybridized carbons (Fsp3) is 0.200. The third-order valence-corrected chi connectivity index (χ3v) is 4.83. The second kappa shape index (κ2) is 9.64. The van der Waals surface area contributed by atoms with Crippen molar-refractivity contribution in [1.82, 2.24) is 15.0 Å². The lowest BCUT2D eigenvalue weighted by Crippen LogP contribution is -2.21. The van der Waals surface area contributed by atoms with E-state index in [1.54, 1.807) is 24.3 Å². The molecule has 168 valence electrons. The number of hydrazone groups is 1. The number of rotatable bonds is 8. The van der Waals surface area contributed by atoms with E-state index in [1.165, 1.54) is 30.5 Å². The Labute approximate surface area is 187 Å². The zero-order valence-corrected chi connectivity index (χ0v) is 17.3. The van der Waals surface area contributed by atoms with Crippen LogP contribution in [0.4, 0.5) is 34.9 Å². The predicted octanol–water partition coefficient (Wildman–Crippen LogP) is 3.48. The first kappa shape index (κ1) is 21.5. The van der Waals surface area contributed by atoms with Gasteiger partial charge in [-0.25, -0.2) is 5.43 Å². The molecule has 1 fully saturated rings. The monoisotopic (exact) mass is 449 g/mol. The fourth-order valence-corrected chi connectivity index (χ4v) is 3.17. The van der Waals surface area contributed by atoms with E-state index < -0.39 is 9.85 Å². The van der Waals surface area contributed by atoms with Crippen molar-refractivity contribution in [2.24, 2.45) is 5.10 Å². The predicted molar refractivity (Wildman–Crippen MR) is 122 cm³/mol. The molecule has 0 amide bonds. The van der Waals surface area contributed by atoms with Crippen molar-refractivity contribution in [2.75, 3.05) is 28.7 Å². The number of aromatic nitrogens is 3. The number of nitro groups is 2. The molecule has 0 bridgehead atoms. The molecule has 0 unspecified atom stereocenters. The van der Waals surface area contributed by atoms with Gasteiger partial charge in [0.1, 0.15) is 0 Å². The van der Waals surface area contributed by atoms with Crippen LogP contribution in [0.5, 0.6) is 0 Å². The molecule has 2 aromatic carbocycles. The molecular formula is C20H19N9O4. The summed E-state index contributed by atoms with van der Waals surface area (Å²) in [6.45, 7) is 1.65. The maximum absolute atomic E-state index is 10.9. The van der Waals surface area contributed by atoms with Gasteiger partial charge < -0.3 is 10.2 Å². The van der Waals surface area contributed by atoms with Crippen LogP contribution in [0.15, 0.2) is 53.6 Å². The molecule has 1 aliphatic heterocycles. The van der Waals surface area contributed by atoms with Gasteiger partial charge in [-0.2, -0.15) is 20.1 Å². The van der Waals surface area contributed by atoms with Gasteiger partial charge in [0.25, 0.3) is 11.4 Å². The van der Waals surface area contributed by atoms with Gasteiger partial charge >= 0.3 is 0 Å². The molecule has 13 nitrogen and oxygen atoms in total. The maximum Gasteiger partial charge on any atom is 0.269 e. The molecular weight excluding hydrogens is 430 g/mol. The van der Waals surface area contributed by atoms with Gasteiger partial charge in [0.15, 0.2) is 0 Å². The highest BCUT2D eigenvalue weighted by molar-refractivity contribution is 5.80. The minimum Gasteiger partial charge on any atom is -0.341 e. The Bertz CT molecular complexity index is 1180. The molecule has 1 saturated heterocycles. The third kappa shape index (κ3) is 5.52. The summed E-state index contributed by atoms with van der Waals surface area (Å²) in [4.78, 5) is 35.9. The molecule has 33 heavy (non-hydrogen) atoms. The zero-order valence-electron chi connectivity index (χ0n) is 17.3. The Hall–Kier alpha value is -4.68. The maximum atomic E-state index is 10.9. The quantitative estimate of drug-likeness (QED) is 0.295. The SMILES string of the molecule is O=[N+]([O-])c1ccc(/C=N/Nc2nc(Nc3ccc([N+](=O)[O-])cc3)nc(N3CCCC3)n2)cc1. The Balaban J connectivity index is 1.53. The number of non-ortho nitro benzene ring substituents is 2. The Morgan fingerprint density at radius 1 is 0.848 bits per heavy atom. The number of anilines is 4. The van der Waals surface area contributed by atoms with Crippen LogP contribution in [0.25, 0.3) is 0 Å². The Morgan fingerprint density at radius 2 is 1.42 bits per heavy atom. The smallest absolute Gasteiger partial charge is 0.269 e. The van der Waals surface area contributed by atoms with Crippen LogP contribution in [0.3, 0.4) is 0 Å². The lowest BCUT2D eigenvalue weighted by Gasteiger charge is -2.16. The van der Waals surface area contributed by atoms with E-state index in [0.717, 1.165) is 25.9 Å². The van der Waals surface area contributed by atoms with Crippen LogP contribution in [0.1, 0.15) is 18.4 Å². The van der Waals surface area contributed by atoms with E-state index in [-0.39, 0.29) is 23.3 Å². The van der Waals surface area contributed by atoms with E-state index in [1.807, 2.05) is 4.90 Å². The van der Waals surface area contributed by atoms with Gasteiger partial charge in [0.05, 0.1) is 16.1 Å². The summed E-state index contributed by atoms with van der Waals surface area (Å²) in [5, 5.41) is 28.8. The number of hydrogen-bond donors (Lipinski definition) is 2. The van der Waals surface area contributed by atoms with Gasteiger partial charge in [-0.3, -0.25) is 20.2 Å². The number of benzene rings is 2. The van der Waals surface area contributed by atoms with Gasteiger partial charge in [0, 0.05) is 43.0 Å². The average Bonchev–Trinajstić information content (AvgIpc) is 3.35. The lowest BCUT2D eigenvalue weighted by molar-refractivity contribution is -0.385. The first-order chi connectivity index (χ1) is 16.0. The summed E-state index contributed by atoms with van der Waals surface area (Å²) in [6, 6.07) is 11.8. The van der Waals surface area contributed by atoms with Crippen LogP contribution < -0.4 is 15.6 Å². The van der Waals surface area contributed by atoms with E-state index >= 15 is 0 Å². The van der Waals surface area contributed by atoms with Crippen molar-refractivity contribution in [3.8, 4) is 0 Å². The first-order valence-electron chi connectivity index (χ1n) is 10.0. The highest BCUT2D eigenvalue weighted by Gasteiger charge is 2.17. The van der Waals surface area contributed by atoms with Crippen molar-refractivity contribution in [1.29, 1.82) is 0 Å². The minimum absolute atomic E-state index is 0.00482. The molecule has 0 saturated carbocycles. The normalized spacial score (nSPS) is 13.3. The summed E-state index contributed by atoms with van der Waals surface area (Å²) in [5.41, 5.74) is 3.98. The molecule has 0 aliphatic carbocycles. The number of nitrogens with zero attached hydrogens (tertiary/aromatic N) is 7. The molecule has 0 atom stereocenters. The van der Waals surface area contributed by atoms with Gasteiger partial charge in [-0.15, -0.1) is 0 Å². The van der Waals surface area contributed by atoms with E-state index in [4.69, 9.17) is 0 Å². The molecule has 2 N–H and O–H groups in total. The van der Waals surface area contributed by atoms with Crippen molar-refractivity contribution in [2.45, 2.75) is 12.8 Å². The van der Waals surface area contributed by atoms with Gasteiger partial charge in [-0.05, 0) is 42.7 Å². The van der Waals surface area contributed by atoms with Crippen LogP contribution >= 0.6 is 0 Å². The molecule has 4 rings (SSSR count).